The van der Waals surface area contributed by atoms with Crippen LogP contribution in [0.3, 0.4) is 0 Å². The number of aliphatic hydroxyl groups is 2. The molecule has 102 valence electrons. The quantitative estimate of drug-likeness (QED) is 0.469. The summed E-state index contributed by atoms with van der Waals surface area (Å²) in [6.45, 7) is 6.59. The van der Waals surface area contributed by atoms with Crippen molar-refractivity contribution in [3.63, 3.8) is 0 Å². The van der Waals surface area contributed by atoms with Crippen molar-refractivity contribution in [1.29, 1.82) is 0 Å². The molecule has 19 heavy (non-hydrogen) atoms. The van der Waals surface area contributed by atoms with Crippen LogP contribution in [0.25, 0.3) is 0 Å². The molecule has 0 unspecified atom stereocenters. The fraction of sp³-hybridized carbons (Fsp3) is 0.429. The molecule has 1 rings (SSSR count). The van der Waals surface area contributed by atoms with E-state index in [1.54, 1.807) is 27.7 Å². The van der Waals surface area contributed by atoms with Gasteiger partial charge < -0.3 is 0 Å². The second-order valence-electron chi connectivity index (χ2n) is 5.01. The Morgan fingerprint density at radius 1 is 0.842 bits per heavy atom. The SMILES string of the molecule is CC(C)(O)C#Cc1[se]c(C#CC(C)(C)O)c(Br)c1Br. The monoisotopic (exact) mass is 452 g/mol. The van der Waals surface area contributed by atoms with E-state index >= 15 is 0 Å². The zero-order valence-electron chi connectivity index (χ0n) is 11.1. The van der Waals surface area contributed by atoms with Gasteiger partial charge in [0.15, 0.2) is 0 Å². The molecule has 1 aromatic rings. The first-order valence-corrected chi connectivity index (χ1v) is 8.78. The molecule has 0 bridgehead atoms. The number of rotatable bonds is 0. The van der Waals surface area contributed by atoms with E-state index in [-0.39, 0.29) is 14.5 Å². The Hall–Kier alpha value is -0.000519. The molecule has 0 saturated carbocycles. The van der Waals surface area contributed by atoms with Crippen LogP contribution in [0.5, 0.6) is 0 Å². The van der Waals surface area contributed by atoms with Gasteiger partial charge in [-0.3, -0.25) is 0 Å². The normalized spacial score (nSPS) is 11.4. The Balaban J connectivity index is 3.18. The Bertz CT molecular complexity index is 544. The Kier molecular flexibility index (Phi) is 5.55. The fourth-order valence-corrected chi connectivity index (χ4v) is 4.66. The van der Waals surface area contributed by atoms with Crippen LogP contribution in [0.15, 0.2) is 8.95 Å². The van der Waals surface area contributed by atoms with Gasteiger partial charge in [-0.05, 0) is 0 Å². The molecule has 0 amide bonds. The van der Waals surface area contributed by atoms with Crippen LogP contribution < -0.4 is 0 Å². The molecule has 2 N–H and O–H groups in total. The van der Waals surface area contributed by atoms with Crippen molar-refractivity contribution in [2.45, 2.75) is 38.9 Å². The van der Waals surface area contributed by atoms with Crippen LogP contribution in [0.1, 0.15) is 36.6 Å². The van der Waals surface area contributed by atoms with E-state index < -0.39 is 11.2 Å². The summed E-state index contributed by atoms with van der Waals surface area (Å²) in [7, 11) is 0. The molecule has 0 atom stereocenters. The van der Waals surface area contributed by atoms with Crippen molar-refractivity contribution in [2.24, 2.45) is 0 Å². The van der Waals surface area contributed by atoms with Crippen molar-refractivity contribution in [3.05, 3.63) is 17.8 Å². The van der Waals surface area contributed by atoms with Gasteiger partial charge in [-0.2, -0.15) is 0 Å². The summed E-state index contributed by atoms with van der Waals surface area (Å²) in [5.41, 5.74) is -2.02. The van der Waals surface area contributed by atoms with Crippen LogP contribution >= 0.6 is 31.9 Å². The Labute approximate surface area is 136 Å². The van der Waals surface area contributed by atoms with Crippen molar-refractivity contribution >= 4 is 46.4 Å². The summed E-state index contributed by atoms with van der Waals surface area (Å²) in [6.07, 6.45) is 0. The first-order chi connectivity index (χ1) is 8.49. The first kappa shape index (κ1) is 17.1. The average molecular weight is 453 g/mol. The predicted octanol–water partition coefficient (Wildman–Crippen LogP) is 2.51. The van der Waals surface area contributed by atoms with E-state index in [9.17, 15) is 10.2 Å². The zero-order valence-corrected chi connectivity index (χ0v) is 15.9. The van der Waals surface area contributed by atoms with Crippen LogP contribution in [0, 0.1) is 23.7 Å². The van der Waals surface area contributed by atoms with E-state index in [1.807, 2.05) is 0 Å². The van der Waals surface area contributed by atoms with Crippen molar-refractivity contribution in [3.8, 4) is 23.7 Å². The van der Waals surface area contributed by atoms with Gasteiger partial charge in [0.05, 0.1) is 0 Å². The second-order valence-corrected chi connectivity index (χ2v) is 8.73. The molecule has 0 aliphatic heterocycles. The third-order valence-electron chi connectivity index (χ3n) is 1.76. The summed E-state index contributed by atoms with van der Waals surface area (Å²) < 4.78 is 3.62. The van der Waals surface area contributed by atoms with Crippen LogP contribution in [-0.4, -0.2) is 35.9 Å². The Morgan fingerprint density at radius 2 is 1.16 bits per heavy atom. The fourth-order valence-electron chi connectivity index (χ4n) is 0.971. The summed E-state index contributed by atoms with van der Waals surface area (Å²) in [6, 6.07) is 0. The predicted molar refractivity (Wildman–Crippen MR) is 85.1 cm³/mol. The van der Waals surface area contributed by atoms with Crippen LogP contribution in [0.2, 0.25) is 0 Å². The molecule has 2 nitrogen and oxygen atoms in total. The molecule has 0 fully saturated rings. The molecule has 0 aliphatic carbocycles. The molecule has 0 spiro atoms. The van der Waals surface area contributed by atoms with Gasteiger partial charge in [-0.15, -0.1) is 0 Å². The zero-order chi connectivity index (χ0) is 14.8. The Morgan fingerprint density at radius 3 is 1.42 bits per heavy atom. The minimum atomic E-state index is -1.01. The van der Waals surface area contributed by atoms with Crippen LogP contribution in [-0.2, 0) is 0 Å². The number of hydrogen-bond donors (Lipinski definition) is 2. The van der Waals surface area contributed by atoms with Gasteiger partial charge in [0, 0.05) is 0 Å². The average Bonchev–Trinajstić information content (AvgIpc) is 2.49. The van der Waals surface area contributed by atoms with Crippen molar-refractivity contribution in [2.75, 3.05) is 0 Å². The van der Waals surface area contributed by atoms with E-state index in [2.05, 4.69) is 55.5 Å². The number of hydrogen-bond acceptors (Lipinski definition) is 2. The summed E-state index contributed by atoms with van der Waals surface area (Å²) in [5.74, 6) is 11.6. The van der Waals surface area contributed by atoms with Crippen molar-refractivity contribution in [1.82, 2.24) is 0 Å². The molecular weight excluding hydrogens is 439 g/mol. The van der Waals surface area contributed by atoms with E-state index in [1.165, 1.54) is 0 Å². The molecular formula is C14H14Br2O2Se. The van der Waals surface area contributed by atoms with E-state index in [0.29, 0.717) is 0 Å². The minimum absolute atomic E-state index is 0.0197. The maximum absolute atomic E-state index is 9.62. The van der Waals surface area contributed by atoms with Gasteiger partial charge in [0.2, 0.25) is 0 Å². The third kappa shape index (κ3) is 5.88. The summed E-state index contributed by atoms with van der Waals surface area (Å²) in [5, 5.41) is 19.2. The van der Waals surface area contributed by atoms with Gasteiger partial charge in [0.25, 0.3) is 0 Å². The topological polar surface area (TPSA) is 40.5 Å². The number of halogens is 2. The standard InChI is InChI=1S/C14H14Br2O2Se/c1-13(2,17)7-5-9-11(15)12(16)10(19-9)6-8-14(3,4)18/h17-18H,1-4H3. The third-order valence-corrected chi connectivity index (χ3v) is 7.20. The molecule has 1 heterocycles. The van der Waals surface area contributed by atoms with Crippen LogP contribution in [0.4, 0.5) is 0 Å². The summed E-state index contributed by atoms with van der Waals surface area (Å²) in [4.78, 5) is 0. The van der Waals surface area contributed by atoms with Gasteiger partial charge >= 0.3 is 137 Å². The molecule has 0 radical (unpaired) electrons. The summed E-state index contributed by atoms with van der Waals surface area (Å²) >= 11 is 6.93. The van der Waals surface area contributed by atoms with Crippen molar-refractivity contribution < 1.29 is 10.2 Å². The van der Waals surface area contributed by atoms with Gasteiger partial charge in [-0.25, -0.2) is 0 Å². The first-order valence-electron chi connectivity index (χ1n) is 5.48. The molecule has 0 aromatic carbocycles. The van der Waals surface area contributed by atoms with E-state index in [4.69, 9.17) is 0 Å². The van der Waals surface area contributed by atoms with E-state index in [0.717, 1.165) is 17.8 Å². The molecule has 1 aromatic heterocycles. The van der Waals surface area contributed by atoms with Gasteiger partial charge in [0.1, 0.15) is 0 Å². The van der Waals surface area contributed by atoms with Gasteiger partial charge in [-0.1, -0.05) is 0 Å². The second kappa shape index (κ2) is 6.19. The molecule has 5 heteroatoms. The molecule has 0 saturated heterocycles. The maximum atomic E-state index is 9.62. The molecule has 0 aliphatic rings.